The van der Waals surface area contributed by atoms with Gasteiger partial charge in [-0.1, -0.05) is 6.07 Å². The molecule has 1 saturated heterocycles. The van der Waals surface area contributed by atoms with Crippen molar-refractivity contribution in [1.82, 2.24) is 9.47 Å². The third-order valence-electron chi connectivity index (χ3n) is 4.81. The number of halogens is 1. The number of likely N-dealkylation sites (tertiary alicyclic amines) is 1. The number of rotatable bonds is 5. The van der Waals surface area contributed by atoms with Gasteiger partial charge in [-0.05, 0) is 59.0 Å². The van der Waals surface area contributed by atoms with Gasteiger partial charge in [-0.3, -0.25) is 14.4 Å². The third kappa shape index (κ3) is 5.08. The molecule has 0 saturated carbocycles. The Balaban J connectivity index is 1.64. The summed E-state index contributed by atoms with van der Waals surface area (Å²) in [6.45, 7) is 1.27. The first-order valence-corrected chi connectivity index (χ1v) is 9.91. The van der Waals surface area contributed by atoms with Crippen molar-refractivity contribution >= 4 is 33.4 Å². The molecule has 0 atom stereocenters. The molecule has 7 nitrogen and oxygen atoms in total. The molecule has 0 aliphatic carbocycles. The molecular formula is C20H22BrN3O4. The van der Waals surface area contributed by atoms with E-state index in [4.69, 9.17) is 0 Å². The van der Waals surface area contributed by atoms with Gasteiger partial charge >= 0.3 is 0 Å². The van der Waals surface area contributed by atoms with Gasteiger partial charge in [0.25, 0.3) is 11.5 Å². The largest absolute Gasteiger partial charge is 0.396 e. The van der Waals surface area contributed by atoms with Crippen molar-refractivity contribution in [2.75, 3.05) is 25.0 Å². The van der Waals surface area contributed by atoms with Gasteiger partial charge in [-0.2, -0.15) is 0 Å². The van der Waals surface area contributed by atoms with E-state index < -0.39 is 0 Å². The van der Waals surface area contributed by atoms with Crippen molar-refractivity contribution in [3.63, 3.8) is 0 Å². The Morgan fingerprint density at radius 1 is 1.18 bits per heavy atom. The molecule has 2 heterocycles. The minimum absolute atomic E-state index is 0.0873. The van der Waals surface area contributed by atoms with Crippen LogP contribution in [-0.2, 0) is 11.3 Å². The topological polar surface area (TPSA) is 91.6 Å². The predicted molar refractivity (Wildman–Crippen MR) is 109 cm³/mol. The monoisotopic (exact) mass is 447 g/mol. The molecular weight excluding hydrogens is 426 g/mol. The van der Waals surface area contributed by atoms with Crippen molar-refractivity contribution in [2.24, 2.45) is 5.92 Å². The van der Waals surface area contributed by atoms with Gasteiger partial charge in [0.2, 0.25) is 5.91 Å². The summed E-state index contributed by atoms with van der Waals surface area (Å²) in [7, 11) is 0. The lowest BCUT2D eigenvalue weighted by Gasteiger charge is -2.31. The van der Waals surface area contributed by atoms with E-state index in [9.17, 15) is 19.5 Å². The number of hydrogen-bond acceptors (Lipinski definition) is 4. The zero-order valence-electron chi connectivity index (χ0n) is 15.3. The first-order valence-electron chi connectivity index (χ1n) is 9.12. The SMILES string of the molecule is O=C(Cn1cc(Br)ccc1=O)Nc1cccc(C(=O)N2CCC(CO)CC2)c1. The van der Waals surface area contributed by atoms with E-state index in [1.807, 2.05) is 0 Å². The van der Waals surface area contributed by atoms with E-state index >= 15 is 0 Å². The normalized spacial score (nSPS) is 14.7. The number of benzene rings is 1. The van der Waals surface area contributed by atoms with Crippen LogP contribution < -0.4 is 10.9 Å². The van der Waals surface area contributed by atoms with Gasteiger partial charge in [-0.15, -0.1) is 0 Å². The molecule has 0 radical (unpaired) electrons. The number of carbonyl (C=O) groups is 2. The van der Waals surface area contributed by atoms with Crippen LogP contribution in [0.3, 0.4) is 0 Å². The molecule has 28 heavy (non-hydrogen) atoms. The second-order valence-electron chi connectivity index (χ2n) is 6.86. The molecule has 1 aliphatic heterocycles. The summed E-state index contributed by atoms with van der Waals surface area (Å²) in [5, 5.41) is 12.0. The Hall–Kier alpha value is -2.45. The van der Waals surface area contributed by atoms with Crippen LogP contribution in [-0.4, -0.2) is 46.1 Å². The van der Waals surface area contributed by atoms with Crippen LogP contribution in [0.25, 0.3) is 0 Å². The Labute approximate surface area is 171 Å². The highest BCUT2D eigenvalue weighted by atomic mass is 79.9. The Kier molecular flexibility index (Phi) is 6.64. The standard InChI is InChI=1S/C20H22BrN3O4/c21-16-4-5-19(27)24(11-16)12-18(26)22-17-3-1-2-15(10-17)20(28)23-8-6-14(13-25)7-9-23/h1-5,10-11,14,25H,6-9,12-13H2,(H,22,26). The van der Waals surface area contributed by atoms with Crippen LogP contribution in [0.2, 0.25) is 0 Å². The molecule has 8 heteroatoms. The maximum atomic E-state index is 12.7. The van der Waals surface area contributed by atoms with Crippen molar-refractivity contribution in [3.05, 3.63) is 63.0 Å². The molecule has 1 fully saturated rings. The summed E-state index contributed by atoms with van der Waals surface area (Å²) in [6.07, 6.45) is 3.14. The first kappa shape index (κ1) is 20.3. The van der Waals surface area contributed by atoms with Crippen LogP contribution in [0.15, 0.2) is 51.9 Å². The number of aliphatic hydroxyl groups is 1. The number of aliphatic hydroxyl groups excluding tert-OH is 1. The highest BCUT2D eigenvalue weighted by Crippen LogP contribution is 2.20. The van der Waals surface area contributed by atoms with Crippen molar-refractivity contribution in [2.45, 2.75) is 19.4 Å². The van der Waals surface area contributed by atoms with Gasteiger partial charge in [0.1, 0.15) is 6.54 Å². The fourth-order valence-electron chi connectivity index (χ4n) is 3.21. The summed E-state index contributed by atoms with van der Waals surface area (Å²) < 4.78 is 2.01. The minimum Gasteiger partial charge on any atom is -0.396 e. The summed E-state index contributed by atoms with van der Waals surface area (Å²) in [6, 6.07) is 9.79. The highest BCUT2D eigenvalue weighted by Gasteiger charge is 2.23. The molecule has 0 bridgehead atoms. The maximum Gasteiger partial charge on any atom is 0.253 e. The maximum absolute atomic E-state index is 12.7. The van der Waals surface area contributed by atoms with E-state index in [2.05, 4.69) is 21.2 Å². The molecule has 2 aromatic rings. The zero-order chi connectivity index (χ0) is 20.1. The number of amides is 2. The Morgan fingerprint density at radius 2 is 1.93 bits per heavy atom. The van der Waals surface area contributed by atoms with E-state index in [0.717, 1.165) is 12.8 Å². The molecule has 2 N–H and O–H groups in total. The van der Waals surface area contributed by atoms with Crippen molar-refractivity contribution in [1.29, 1.82) is 0 Å². The summed E-state index contributed by atoms with van der Waals surface area (Å²) >= 11 is 3.28. The van der Waals surface area contributed by atoms with E-state index in [1.54, 1.807) is 41.4 Å². The smallest absolute Gasteiger partial charge is 0.253 e. The Morgan fingerprint density at radius 3 is 2.64 bits per heavy atom. The van der Waals surface area contributed by atoms with Crippen LogP contribution in [0.4, 0.5) is 5.69 Å². The average molecular weight is 448 g/mol. The molecule has 1 aromatic carbocycles. The van der Waals surface area contributed by atoms with Gasteiger partial charge < -0.3 is 19.9 Å². The number of aromatic nitrogens is 1. The molecule has 1 aromatic heterocycles. The number of anilines is 1. The molecule has 148 valence electrons. The molecule has 2 amide bonds. The van der Waals surface area contributed by atoms with Crippen molar-refractivity contribution in [3.8, 4) is 0 Å². The van der Waals surface area contributed by atoms with Crippen LogP contribution in [0, 0.1) is 5.92 Å². The molecule has 0 spiro atoms. The first-order chi connectivity index (χ1) is 13.5. The van der Waals surface area contributed by atoms with Crippen LogP contribution in [0.5, 0.6) is 0 Å². The molecule has 0 unspecified atom stereocenters. The second kappa shape index (κ2) is 9.16. The third-order valence-corrected chi connectivity index (χ3v) is 5.28. The van der Waals surface area contributed by atoms with Gasteiger partial charge in [0.15, 0.2) is 0 Å². The van der Waals surface area contributed by atoms with E-state index in [-0.39, 0.29) is 36.4 Å². The van der Waals surface area contributed by atoms with Gasteiger partial charge in [-0.25, -0.2) is 0 Å². The van der Waals surface area contributed by atoms with Crippen molar-refractivity contribution < 1.29 is 14.7 Å². The summed E-state index contributed by atoms with van der Waals surface area (Å²) in [5.74, 6) is -0.180. The number of carbonyl (C=O) groups excluding carboxylic acids is 2. The summed E-state index contributed by atoms with van der Waals surface area (Å²) in [5.41, 5.74) is 0.734. The number of piperidine rings is 1. The van der Waals surface area contributed by atoms with Gasteiger partial charge in [0, 0.05) is 47.7 Å². The lowest BCUT2D eigenvalue weighted by molar-refractivity contribution is -0.116. The zero-order valence-corrected chi connectivity index (χ0v) is 16.9. The Bertz CT molecular complexity index is 920. The second-order valence-corrected chi connectivity index (χ2v) is 7.78. The lowest BCUT2D eigenvalue weighted by atomic mass is 9.97. The fraction of sp³-hybridized carbons (Fsp3) is 0.350. The fourth-order valence-corrected chi connectivity index (χ4v) is 3.59. The van der Waals surface area contributed by atoms with Crippen LogP contribution in [0.1, 0.15) is 23.2 Å². The van der Waals surface area contributed by atoms with Crippen LogP contribution >= 0.6 is 15.9 Å². The summed E-state index contributed by atoms with van der Waals surface area (Å²) in [4.78, 5) is 38.6. The quantitative estimate of drug-likeness (QED) is 0.733. The predicted octanol–water partition coefficient (Wildman–Crippen LogP) is 2.09. The molecule has 1 aliphatic rings. The molecule has 3 rings (SSSR count). The van der Waals surface area contributed by atoms with Gasteiger partial charge in [0.05, 0.1) is 0 Å². The number of pyridine rings is 1. The number of nitrogens with one attached hydrogen (secondary N) is 1. The minimum atomic E-state index is -0.353. The van der Waals surface area contributed by atoms with E-state index in [0.29, 0.717) is 28.8 Å². The highest BCUT2D eigenvalue weighted by molar-refractivity contribution is 9.10. The number of nitrogens with zero attached hydrogens (tertiary/aromatic N) is 2. The number of hydrogen-bond donors (Lipinski definition) is 2. The average Bonchev–Trinajstić information content (AvgIpc) is 2.70. The van der Waals surface area contributed by atoms with E-state index in [1.165, 1.54) is 10.6 Å². The lowest BCUT2D eigenvalue weighted by Crippen LogP contribution is -2.39.